The minimum absolute atomic E-state index is 0.298. The Kier molecular flexibility index (Phi) is 6.27. The van der Waals surface area contributed by atoms with Crippen LogP contribution in [0.25, 0.3) is 21.6 Å². The topological polar surface area (TPSA) is 130 Å². The van der Waals surface area contributed by atoms with Crippen LogP contribution in [-0.2, 0) is 6.42 Å². The molecule has 1 fully saturated rings. The van der Waals surface area contributed by atoms with Gasteiger partial charge in [-0.15, -0.1) is 0 Å². The fourth-order valence-corrected chi connectivity index (χ4v) is 5.34. The zero-order valence-corrected chi connectivity index (χ0v) is 20.5. The van der Waals surface area contributed by atoms with E-state index < -0.39 is 0 Å². The minimum Gasteiger partial charge on any atom is -0.351 e. The number of fused-ring (bicyclic) bond motifs is 1. The molecule has 5 aromatic rings. The summed E-state index contributed by atoms with van der Waals surface area (Å²) in [7, 11) is 0. The van der Waals surface area contributed by atoms with E-state index in [-0.39, 0.29) is 0 Å². The predicted molar refractivity (Wildman–Crippen MR) is 143 cm³/mol. The number of benzene rings is 1. The van der Waals surface area contributed by atoms with Crippen molar-refractivity contribution >= 4 is 38.6 Å². The van der Waals surface area contributed by atoms with Crippen LogP contribution in [0.4, 0.5) is 16.9 Å². The molecule has 0 spiro atoms. The minimum atomic E-state index is 0.298. The van der Waals surface area contributed by atoms with Crippen molar-refractivity contribution in [3.63, 3.8) is 0 Å². The summed E-state index contributed by atoms with van der Waals surface area (Å²) in [6.07, 6.45) is 8.41. The summed E-state index contributed by atoms with van der Waals surface area (Å²) in [5, 5.41) is 14.5. The standard InChI is InChI=1S/C26H27N9S/c27-18-6-8-19(9-7-18)30-25-31-20(12-16-4-2-1-3-5-16)13-23(34-25)35-26-33-22-11-10-21(32-24(22)36-26)17-14-28-29-15-17/h1-5,10-11,13-15,18-19H,6-9,12,27H2,(H,28,29)(H2,30,31,33,34,35)/t18-,19-. The molecule has 0 radical (unpaired) electrons. The van der Waals surface area contributed by atoms with Gasteiger partial charge in [0.1, 0.15) is 16.2 Å². The molecule has 4 heterocycles. The van der Waals surface area contributed by atoms with E-state index in [1.165, 1.54) is 16.9 Å². The van der Waals surface area contributed by atoms with Gasteiger partial charge in [-0.3, -0.25) is 5.10 Å². The third kappa shape index (κ3) is 5.19. The van der Waals surface area contributed by atoms with E-state index in [1.807, 2.05) is 42.6 Å². The quantitative estimate of drug-likeness (QED) is 0.250. The summed E-state index contributed by atoms with van der Waals surface area (Å²) in [6.45, 7) is 0. The van der Waals surface area contributed by atoms with Gasteiger partial charge in [0.25, 0.3) is 0 Å². The zero-order valence-electron chi connectivity index (χ0n) is 19.7. The molecule has 0 atom stereocenters. The molecule has 182 valence electrons. The largest absolute Gasteiger partial charge is 0.351 e. The number of thiazole rings is 1. The highest BCUT2D eigenvalue weighted by atomic mass is 32.1. The highest BCUT2D eigenvalue weighted by Crippen LogP contribution is 2.30. The lowest BCUT2D eigenvalue weighted by Gasteiger charge is -2.27. The molecular formula is C26H27N9S. The number of nitrogens with zero attached hydrogens (tertiary/aromatic N) is 5. The zero-order chi connectivity index (χ0) is 24.3. The van der Waals surface area contributed by atoms with E-state index >= 15 is 0 Å². The van der Waals surface area contributed by atoms with E-state index in [1.54, 1.807) is 6.20 Å². The highest BCUT2D eigenvalue weighted by molar-refractivity contribution is 7.21. The van der Waals surface area contributed by atoms with Gasteiger partial charge >= 0.3 is 0 Å². The number of hydrogen-bond donors (Lipinski definition) is 4. The lowest BCUT2D eigenvalue weighted by Crippen LogP contribution is -2.33. The maximum atomic E-state index is 6.09. The smallest absolute Gasteiger partial charge is 0.225 e. The number of nitrogens with two attached hydrogens (primary N) is 1. The molecule has 5 N–H and O–H groups in total. The summed E-state index contributed by atoms with van der Waals surface area (Å²) in [6, 6.07) is 16.9. The van der Waals surface area contributed by atoms with Crippen molar-refractivity contribution in [1.82, 2.24) is 30.1 Å². The van der Waals surface area contributed by atoms with Crippen molar-refractivity contribution in [2.24, 2.45) is 5.73 Å². The SMILES string of the molecule is N[C@H]1CC[C@H](Nc2nc(Cc3ccccc3)cc(Nc3nc4ccc(-c5cn[nH]c5)nc4s3)n2)CC1. The lowest BCUT2D eigenvalue weighted by atomic mass is 9.92. The molecular weight excluding hydrogens is 470 g/mol. The molecule has 6 rings (SSSR count). The van der Waals surface area contributed by atoms with Crippen LogP contribution in [0.15, 0.2) is 60.9 Å². The molecule has 0 amide bonds. The van der Waals surface area contributed by atoms with Crippen molar-refractivity contribution in [2.75, 3.05) is 10.6 Å². The van der Waals surface area contributed by atoms with E-state index in [0.717, 1.165) is 64.5 Å². The van der Waals surface area contributed by atoms with Crippen molar-refractivity contribution in [3.05, 3.63) is 72.2 Å². The molecule has 36 heavy (non-hydrogen) atoms. The Hall–Kier alpha value is -3.89. The van der Waals surface area contributed by atoms with E-state index in [2.05, 4.69) is 33.0 Å². The molecule has 1 aromatic carbocycles. The number of H-pyrrole nitrogens is 1. The van der Waals surface area contributed by atoms with Gasteiger partial charge in [-0.1, -0.05) is 41.7 Å². The molecule has 0 bridgehead atoms. The van der Waals surface area contributed by atoms with Gasteiger partial charge in [0.2, 0.25) is 5.95 Å². The maximum Gasteiger partial charge on any atom is 0.225 e. The van der Waals surface area contributed by atoms with Crippen LogP contribution in [-0.4, -0.2) is 42.2 Å². The Morgan fingerprint density at radius 3 is 2.64 bits per heavy atom. The number of aromatic amines is 1. The Morgan fingerprint density at radius 2 is 1.83 bits per heavy atom. The number of nitrogens with one attached hydrogen (secondary N) is 3. The molecule has 0 unspecified atom stereocenters. The van der Waals surface area contributed by atoms with Crippen LogP contribution in [0.2, 0.25) is 0 Å². The highest BCUT2D eigenvalue weighted by Gasteiger charge is 2.20. The van der Waals surface area contributed by atoms with E-state index in [0.29, 0.717) is 23.8 Å². The van der Waals surface area contributed by atoms with Crippen LogP contribution in [0, 0.1) is 0 Å². The first-order valence-corrected chi connectivity index (χ1v) is 13.0. The summed E-state index contributed by atoms with van der Waals surface area (Å²) in [5.74, 6) is 1.34. The lowest BCUT2D eigenvalue weighted by molar-refractivity contribution is 0.410. The number of aromatic nitrogens is 6. The average Bonchev–Trinajstić information content (AvgIpc) is 3.55. The fourth-order valence-electron chi connectivity index (χ4n) is 4.50. The van der Waals surface area contributed by atoms with Crippen molar-refractivity contribution in [1.29, 1.82) is 0 Å². The van der Waals surface area contributed by atoms with Gasteiger partial charge in [-0.2, -0.15) is 10.1 Å². The van der Waals surface area contributed by atoms with Crippen molar-refractivity contribution < 1.29 is 0 Å². The molecule has 4 aromatic heterocycles. The second-order valence-corrected chi connectivity index (χ2v) is 10.1. The first kappa shape index (κ1) is 22.6. The van der Waals surface area contributed by atoms with E-state index in [4.69, 9.17) is 25.7 Å². The van der Waals surface area contributed by atoms with Gasteiger partial charge in [-0.05, 0) is 43.4 Å². The summed E-state index contributed by atoms with van der Waals surface area (Å²) >= 11 is 1.50. The molecule has 9 nitrogen and oxygen atoms in total. The Bertz CT molecular complexity index is 1440. The van der Waals surface area contributed by atoms with Crippen LogP contribution >= 0.6 is 11.3 Å². The van der Waals surface area contributed by atoms with Crippen LogP contribution in [0.5, 0.6) is 0 Å². The summed E-state index contributed by atoms with van der Waals surface area (Å²) in [5.41, 5.74) is 10.9. The van der Waals surface area contributed by atoms with Crippen LogP contribution in [0.1, 0.15) is 36.9 Å². The molecule has 0 aliphatic heterocycles. The third-order valence-electron chi connectivity index (χ3n) is 6.40. The first-order valence-electron chi connectivity index (χ1n) is 12.2. The number of hydrogen-bond acceptors (Lipinski definition) is 9. The second-order valence-electron chi connectivity index (χ2n) is 9.14. The van der Waals surface area contributed by atoms with Crippen molar-refractivity contribution in [2.45, 2.75) is 44.2 Å². The normalized spacial score (nSPS) is 17.8. The summed E-state index contributed by atoms with van der Waals surface area (Å²) < 4.78 is 0. The summed E-state index contributed by atoms with van der Waals surface area (Å²) in [4.78, 5) is 19.9. The fraction of sp³-hybridized carbons (Fsp3) is 0.269. The van der Waals surface area contributed by atoms with Gasteiger partial charge in [0.15, 0.2) is 5.13 Å². The predicted octanol–water partition coefficient (Wildman–Crippen LogP) is 4.89. The molecule has 1 aliphatic rings. The van der Waals surface area contributed by atoms with E-state index in [9.17, 15) is 0 Å². The molecule has 1 saturated carbocycles. The number of rotatable bonds is 7. The van der Waals surface area contributed by atoms with Gasteiger partial charge in [0.05, 0.1) is 17.6 Å². The van der Waals surface area contributed by atoms with Crippen LogP contribution < -0.4 is 16.4 Å². The van der Waals surface area contributed by atoms with Gasteiger partial charge < -0.3 is 16.4 Å². The molecule has 0 saturated heterocycles. The maximum absolute atomic E-state index is 6.09. The first-order chi connectivity index (χ1) is 17.7. The Morgan fingerprint density at radius 1 is 0.972 bits per heavy atom. The monoisotopic (exact) mass is 497 g/mol. The second kappa shape index (κ2) is 10.00. The Balaban J connectivity index is 1.27. The molecule has 10 heteroatoms. The molecule has 1 aliphatic carbocycles. The van der Waals surface area contributed by atoms with Gasteiger partial charge in [0, 0.05) is 36.3 Å². The average molecular weight is 498 g/mol. The third-order valence-corrected chi connectivity index (χ3v) is 7.28. The number of pyridine rings is 1. The van der Waals surface area contributed by atoms with Crippen molar-refractivity contribution in [3.8, 4) is 11.3 Å². The van der Waals surface area contributed by atoms with Gasteiger partial charge in [-0.25, -0.2) is 15.0 Å². The van der Waals surface area contributed by atoms with Crippen LogP contribution in [0.3, 0.4) is 0 Å². The number of anilines is 3. The Labute approximate surface area is 212 Å².